The summed E-state index contributed by atoms with van der Waals surface area (Å²) in [5.41, 5.74) is 0.453. The molecule has 1 nitrogen and oxygen atoms in total. The summed E-state index contributed by atoms with van der Waals surface area (Å²) in [5.74, 6) is 0.295. The van der Waals surface area contributed by atoms with Gasteiger partial charge >= 0.3 is 0 Å². The van der Waals surface area contributed by atoms with Crippen LogP contribution in [0.25, 0.3) is 0 Å². The fraction of sp³-hybridized carbons (Fsp3) is 0.462. The Morgan fingerprint density at radius 3 is 2.75 bits per heavy atom. The number of hydrogen-bond acceptors (Lipinski definition) is 1. The van der Waals surface area contributed by atoms with Crippen LogP contribution >= 0.6 is 11.6 Å². The molecule has 0 radical (unpaired) electrons. The van der Waals surface area contributed by atoms with Crippen LogP contribution < -0.4 is 0 Å². The highest BCUT2D eigenvalue weighted by Crippen LogP contribution is 2.30. The zero-order valence-corrected chi connectivity index (χ0v) is 9.77. The zero-order valence-electron chi connectivity index (χ0n) is 9.01. The molecule has 1 aliphatic carbocycles. The maximum absolute atomic E-state index is 13.4. The Hall–Kier alpha value is -0.890. The smallest absolute Gasteiger partial charge is 0.137 e. The summed E-state index contributed by atoms with van der Waals surface area (Å²) in [6.45, 7) is 0. The van der Waals surface area contributed by atoms with Crippen LogP contribution in [0.15, 0.2) is 18.2 Å². The molecule has 0 bridgehead atoms. The van der Waals surface area contributed by atoms with Crippen molar-refractivity contribution in [3.05, 3.63) is 34.6 Å². The lowest BCUT2D eigenvalue weighted by atomic mass is 9.81. The molecule has 0 saturated heterocycles. The number of ketones is 1. The van der Waals surface area contributed by atoms with Crippen LogP contribution in [0.2, 0.25) is 5.02 Å². The molecule has 1 aliphatic rings. The van der Waals surface area contributed by atoms with Crippen LogP contribution in [0.4, 0.5) is 4.39 Å². The first-order chi connectivity index (χ1) is 7.65. The van der Waals surface area contributed by atoms with Gasteiger partial charge in [0.2, 0.25) is 0 Å². The lowest BCUT2D eigenvalue weighted by molar-refractivity contribution is -0.119. The normalized spacial score (nSPS) is 15.9. The molecule has 0 amide bonds. The molecule has 1 aromatic carbocycles. The third-order valence-electron chi connectivity index (χ3n) is 3.14. The van der Waals surface area contributed by atoms with Crippen molar-refractivity contribution in [1.29, 1.82) is 0 Å². The van der Waals surface area contributed by atoms with Crippen molar-refractivity contribution in [3.8, 4) is 0 Å². The van der Waals surface area contributed by atoms with Crippen molar-refractivity contribution in [3.63, 3.8) is 0 Å². The van der Waals surface area contributed by atoms with Crippen LogP contribution in [-0.2, 0) is 11.2 Å². The molecule has 0 heterocycles. The van der Waals surface area contributed by atoms with Crippen molar-refractivity contribution in [2.75, 3.05) is 0 Å². The molecule has 16 heavy (non-hydrogen) atoms. The second-order valence-corrected chi connectivity index (χ2v) is 4.89. The van der Waals surface area contributed by atoms with Gasteiger partial charge in [-0.15, -0.1) is 0 Å². The molecule has 0 atom stereocenters. The van der Waals surface area contributed by atoms with Crippen molar-refractivity contribution in [2.45, 2.75) is 32.1 Å². The molecule has 0 spiro atoms. The number of benzene rings is 1. The maximum atomic E-state index is 13.4. The van der Waals surface area contributed by atoms with Gasteiger partial charge in [-0.2, -0.15) is 0 Å². The largest absolute Gasteiger partial charge is 0.299 e. The summed E-state index contributed by atoms with van der Waals surface area (Å²) in [6.07, 6.45) is 4.32. The van der Waals surface area contributed by atoms with E-state index in [0.29, 0.717) is 22.9 Å². The number of Topliss-reactive ketones (excluding diaryl/α,β-unsaturated/α-hetero) is 1. The Balaban J connectivity index is 1.94. The van der Waals surface area contributed by atoms with E-state index in [1.807, 2.05) is 0 Å². The molecule has 1 aromatic rings. The molecular formula is C13H14ClFO. The SMILES string of the molecule is O=C(Cc1ccc(Cl)cc1F)CC1CCC1. The van der Waals surface area contributed by atoms with E-state index in [9.17, 15) is 9.18 Å². The molecule has 86 valence electrons. The fourth-order valence-electron chi connectivity index (χ4n) is 1.97. The molecule has 0 unspecified atom stereocenters. The van der Waals surface area contributed by atoms with Crippen LogP contribution in [0.5, 0.6) is 0 Å². The second-order valence-electron chi connectivity index (χ2n) is 4.45. The highest BCUT2D eigenvalue weighted by atomic mass is 35.5. The first-order valence-electron chi connectivity index (χ1n) is 5.61. The number of carbonyl (C=O) groups excluding carboxylic acids is 1. The first-order valence-corrected chi connectivity index (χ1v) is 5.98. The highest BCUT2D eigenvalue weighted by Gasteiger charge is 2.21. The van der Waals surface area contributed by atoms with E-state index in [4.69, 9.17) is 11.6 Å². The highest BCUT2D eigenvalue weighted by molar-refractivity contribution is 6.30. The van der Waals surface area contributed by atoms with E-state index in [-0.39, 0.29) is 18.0 Å². The van der Waals surface area contributed by atoms with E-state index in [1.165, 1.54) is 12.5 Å². The first kappa shape index (κ1) is 11.6. The summed E-state index contributed by atoms with van der Waals surface area (Å²) in [7, 11) is 0. The van der Waals surface area contributed by atoms with Gasteiger partial charge in [-0.3, -0.25) is 4.79 Å². The van der Waals surface area contributed by atoms with Crippen LogP contribution in [0.1, 0.15) is 31.2 Å². The lowest BCUT2D eigenvalue weighted by Gasteiger charge is -2.24. The van der Waals surface area contributed by atoms with Gasteiger partial charge in [0.05, 0.1) is 0 Å². The molecule has 0 N–H and O–H groups in total. The molecule has 2 rings (SSSR count). The Kier molecular flexibility index (Phi) is 3.59. The molecule has 1 saturated carbocycles. The monoisotopic (exact) mass is 240 g/mol. The summed E-state index contributed by atoms with van der Waals surface area (Å²) in [4.78, 5) is 11.7. The van der Waals surface area contributed by atoms with Gasteiger partial charge < -0.3 is 0 Å². The Morgan fingerprint density at radius 1 is 1.44 bits per heavy atom. The minimum Gasteiger partial charge on any atom is -0.299 e. The minimum absolute atomic E-state index is 0.130. The number of rotatable bonds is 4. The van der Waals surface area contributed by atoms with Gasteiger partial charge in [0.1, 0.15) is 11.6 Å². The predicted octanol–water partition coefficient (Wildman–Crippen LogP) is 3.78. The number of carbonyl (C=O) groups is 1. The van der Waals surface area contributed by atoms with Crippen molar-refractivity contribution in [2.24, 2.45) is 5.92 Å². The summed E-state index contributed by atoms with van der Waals surface area (Å²) in [5, 5.41) is 0.368. The van der Waals surface area contributed by atoms with Crippen LogP contribution in [0.3, 0.4) is 0 Å². The quantitative estimate of drug-likeness (QED) is 0.783. The van der Waals surface area contributed by atoms with Gasteiger partial charge in [0.25, 0.3) is 0 Å². The third kappa shape index (κ3) is 2.82. The van der Waals surface area contributed by atoms with Gasteiger partial charge in [0, 0.05) is 17.9 Å². The minimum atomic E-state index is -0.380. The number of halogens is 2. The van der Waals surface area contributed by atoms with Crippen LogP contribution in [0, 0.1) is 11.7 Å². The Morgan fingerprint density at radius 2 is 2.19 bits per heavy atom. The Bertz CT molecular complexity index is 399. The molecule has 0 aromatic heterocycles. The second kappa shape index (κ2) is 4.96. The summed E-state index contributed by atoms with van der Waals surface area (Å²) >= 11 is 5.64. The number of hydrogen-bond donors (Lipinski definition) is 0. The van der Waals surface area contributed by atoms with Crippen LogP contribution in [-0.4, -0.2) is 5.78 Å². The van der Waals surface area contributed by atoms with Gasteiger partial charge in [-0.25, -0.2) is 4.39 Å². The lowest BCUT2D eigenvalue weighted by Crippen LogP contribution is -2.17. The summed E-state index contributed by atoms with van der Waals surface area (Å²) in [6, 6.07) is 4.47. The Labute approximate surface area is 99.6 Å². The fourth-order valence-corrected chi connectivity index (χ4v) is 2.13. The average molecular weight is 241 g/mol. The van der Waals surface area contributed by atoms with Gasteiger partial charge in [-0.1, -0.05) is 36.9 Å². The van der Waals surface area contributed by atoms with Crippen molar-refractivity contribution < 1.29 is 9.18 Å². The molecule has 3 heteroatoms. The molecular weight excluding hydrogens is 227 g/mol. The van der Waals surface area contributed by atoms with Crippen molar-refractivity contribution in [1.82, 2.24) is 0 Å². The van der Waals surface area contributed by atoms with E-state index in [2.05, 4.69) is 0 Å². The average Bonchev–Trinajstić information content (AvgIpc) is 2.16. The van der Waals surface area contributed by atoms with E-state index >= 15 is 0 Å². The summed E-state index contributed by atoms with van der Waals surface area (Å²) < 4.78 is 13.4. The predicted molar refractivity (Wildman–Crippen MR) is 62.1 cm³/mol. The third-order valence-corrected chi connectivity index (χ3v) is 3.38. The zero-order chi connectivity index (χ0) is 11.5. The van der Waals surface area contributed by atoms with E-state index in [0.717, 1.165) is 12.8 Å². The topological polar surface area (TPSA) is 17.1 Å². The maximum Gasteiger partial charge on any atom is 0.137 e. The van der Waals surface area contributed by atoms with Crippen molar-refractivity contribution >= 4 is 17.4 Å². The van der Waals surface area contributed by atoms with Gasteiger partial charge in [0.15, 0.2) is 0 Å². The van der Waals surface area contributed by atoms with E-state index < -0.39 is 0 Å². The standard InChI is InChI=1S/C13H14ClFO/c14-11-5-4-10(13(15)8-11)7-12(16)6-9-2-1-3-9/h4-5,8-9H,1-3,6-7H2. The van der Waals surface area contributed by atoms with Gasteiger partial charge in [-0.05, 0) is 23.6 Å². The molecule has 1 fully saturated rings. The molecule has 0 aliphatic heterocycles. The van der Waals surface area contributed by atoms with E-state index in [1.54, 1.807) is 12.1 Å².